The summed E-state index contributed by atoms with van der Waals surface area (Å²) in [5, 5.41) is 13.9. The van der Waals surface area contributed by atoms with Crippen LogP contribution < -0.4 is 10.1 Å². The van der Waals surface area contributed by atoms with E-state index in [9.17, 15) is 5.11 Å². The minimum atomic E-state index is -0.541. The Labute approximate surface area is 121 Å². The summed E-state index contributed by atoms with van der Waals surface area (Å²) in [5.41, 5.74) is 1.36. The lowest BCUT2D eigenvalue weighted by Crippen LogP contribution is -2.43. The van der Waals surface area contributed by atoms with Crippen LogP contribution in [-0.4, -0.2) is 29.3 Å². The number of aryl methyl sites for hydroxylation is 1. The van der Waals surface area contributed by atoms with Gasteiger partial charge in [0.15, 0.2) is 0 Å². The molecule has 0 bridgehead atoms. The zero-order valence-electron chi connectivity index (χ0n) is 12.8. The van der Waals surface area contributed by atoms with Gasteiger partial charge in [-0.1, -0.05) is 6.92 Å². The molecule has 1 fully saturated rings. The van der Waals surface area contributed by atoms with E-state index in [-0.39, 0.29) is 0 Å². The van der Waals surface area contributed by atoms with Crippen LogP contribution in [0.25, 0.3) is 0 Å². The number of aromatic nitrogens is 1. The lowest BCUT2D eigenvalue weighted by Gasteiger charge is -2.35. The topological polar surface area (TPSA) is 54.4 Å². The molecule has 0 unspecified atom stereocenters. The van der Waals surface area contributed by atoms with Crippen molar-refractivity contribution in [3.63, 3.8) is 0 Å². The van der Waals surface area contributed by atoms with Crippen LogP contribution in [0.15, 0.2) is 12.1 Å². The number of aliphatic hydroxyl groups is 1. The van der Waals surface area contributed by atoms with Crippen molar-refractivity contribution in [2.75, 3.05) is 13.7 Å². The quantitative estimate of drug-likeness (QED) is 0.868. The standard InChI is InChI=1S/C16H26N2O2/c1-12-4-6-16(19,7-5-12)11-17-10-14-9-15(20-3)8-13(2)18-14/h8-9,12,17,19H,4-7,10-11H2,1-3H3. The van der Waals surface area contributed by atoms with Gasteiger partial charge in [-0.3, -0.25) is 4.98 Å². The molecule has 20 heavy (non-hydrogen) atoms. The highest BCUT2D eigenvalue weighted by Gasteiger charge is 2.31. The average Bonchev–Trinajstić information content (AvgIpc) is 2.42. The molecule has 1 aliphatic carbocycles. The Bertz CT molecular complexity index is 440. The molecule has 0 radical (unpaired) electrons. The van der Waals surface area contributed by atoms with Gasteiger partial charge in [0.1, 0.15) is 5.75 Å². The number of methoxy groups -OCH3 is 1. The van der Waals surface area contributed by atoms with E-state index in [1.165, 1.54) is 0 Å². The van der Waals surface area contributed by atoms with Gasteiger partial charge in [-0.05, 0) is 38.5 Å². The van der Waals surface area contributed by atoms with Gasteiger partial charge in [-0.2, -0.15) is 0 Å². The lowest BCUT2D eigenvalue weighted by molar-refractivity contribution is -0.00635. The van der Waals surface area contributed by atoms with E-state index in [2.05, 4.69) is 17.2 Å². The molecule has 0 amide bonds. The molecule has 1 aromatic heterocycles. The van der Waals surface area contributed by atoms with E-state index < -0.39 is 5.60 Å². The molecule has 1 aromatic rings. The van der Waals surface area contributed by atoms with Crippen molar-refractivity contribution in [2.24, 2.45) is 5.92 Å². The Morgan fingerprint density at radius 3 is 2.75 bits per heavy atom. The molecule has 0 saturated heterocycles. The van der Waals surface area contributed by atoms with Crippen molar-refractivity contribution in [1.29, 1.82) is 0 Å². The molecule has 1 saturated carbocycles. The first-order valence-electron chi connectivity index (χ1n) is 7.45. The highest BCUT2D eigenvalue weighted by Crippen LogP contribution is 2.31. The monoisotopic (exact) mass is 278 g/mol. The number of hydrogen-bond donors (Lipinski definition) is 2. The van der Waals surface area contributed by atoms with E-state index in [0.717, 1.165) is 48.7 Å². The molecule has 4 heteroatoms. The Morgan fingerprint density at radius 1 is 1.40 bits per heavy atom. The molecule has 2 N–H and O–H groups in total. The Kier molecular flexibility index (Phi) is 5.00. The summed E-state index contributed by atoms with van der Waals surface area (Å²) in [6.45, 7) is 5.52. The Hall–Kier alpha value is -1.13. The summed E-state index contributed by atoms with van der Waals surface area (Å²) < 4.78 is 5.25. The Morgan fingerprint density at radius 2 is 2.10 bits per heavy atom. The minimum Gasteiger partial charge on any atom is -0.497 e. The molecule has 1 heterocycles. The highest BCUT2D eigenvalue weighted by molar-refractivity contribution is 5.26. The second-order valence-electron chi connectivity index (χ2n) is 6.15. The first-order valence-corrected chi connectivity index (χ1v) is 7.45. The van der Waals surface area contributed by atoms with E-state index in [1.807, 2.05) is 19.1 Å². The van der Waals surface area contributed by atoms with E-state index in [1.54, 1.807) is 7.11 Å². The third kappa shape index (κ3) is 4.18. The SMILES string of the molecule is COc1cc(C)nc(CNCC2(O)CCC(C)CC2)c1. The smallest absolute Gasteiger partial charge is 0.122 e. The summed E-state index contributed by atoms with van der Waals surface area (Å²) in [5.74, 6) is 1.58. The van der Waals surface area contributed by atoms with Crippen LogP contribution in [-0.2, 0) is 6.54 Å². The summed E-state index contributed by atoms with van der Waals surface area (Å²) in [4.78, 5) is 4.48. The Balaban J connectivity index is 1.85. The lowest BCUT2D eigenvalue weighted by atomic mass is 9.79. The van der Waals surface area contributed by atoms with Crippen LogP contribution >= 0.6 is 0 Å². The van der Waals surface area contributed by atoms with Crippen molar-refractivity contribution in [3.8, 4) is 5.75 Å². The molecule has 0 spiro atoms. The maximum Gasteiger partial charge on any atom is 0.122 e. The number of nitrogens with zero attached hydrogens (tertiary/aromatic N) is 1. The van der Waals surface area contributed by atoms with Crippen LogP contribution in [0.1, 0.15) is 44.0 Å². The van der Waals surface area contributed by atoms with Crippen molar-refractivity contribution >= 4 is 0 Å². The van der Waals surface area contributed by atoms with Gasteiger partial charge in [0, 0.05) is 30.9 Å². The highest BCUT2D eigenvalue weighted by atomic mass is 16.5. The van der Waals surface area contributed by atoms with Crippen molar-refractivity contribution in [2.45, 2.75) is 51.7 Å². The predicted molar refractivity (Wildman–Crippen MR) is 79.8 cm³/mol. The predicted octanol–water partition coefficient (Wildman–Crippen LogP) is 2.43. The van der Waals surface area contributed by atoms with Gasteiger partial charge >= 0.3 is 0 Å². The zero-order chi connectivity index (χ0) is 14.6. The second-order valence-corrected chi connectivity index (χ2v) is 6.15. The molecule has 0 aromatic carbocycles. The summed E-state index contributed by atoms with van der Waals surface area (Å²) in [6, 6.07) is 3.85. The number of rotatable bonds is 5. The summed E-state index contributed by atoms with van der Waals surface area (Å²) >= 11 is 0. The summed E-state index contributed by atoms with van der Waals surface area (Å²) in [7, 11) is 1.66. The largest absolute Gasteiger partial charge is 0.497 e. The third-order valence-electron chi connectivity index (χ3n) is 4.18. The second kappa shape index (κ2) is 6.55. The van der Waals surface area contributed by atoms with E-state index in [0.29, 0.717) is 13.1 Å². The van der Waals surface area contributed by atoms with Crippen LogP contribution in [0, 0.1) is 12.8 Å². The van der Waals surface area contributed by atoms with Crippen LogP contribution in [0.2, 0.25) is 0 Å². The number of nitrogens with one attached hydrogen (secondary N) is 1. The fraction of sp³-hybridized carbons (Fsp3) is 0.688. The van der Waals surface area contributed by atoms with Crippen molar-refractivity contribution in [3.05, 3.63) is 23.5 Å². The van der Waals surface area contributed by atoms with Gasteiger partial charge in [0.25, 0.3) is 0 Å². The number of ether oxygens (including phenoxy) is 1. The van der Waals surface area contributed by atoms with Crippen molar-refractivity contribution < 1.29 is 9.84 Å². The van der Waals surface area contributed by atoms with Crippen LogP contribution in [0.4, 0.5) is 0 Å². The summed E-state index contributed by atoms with van der Waals surface area (Å²) in [6.07, 6.45) is 4.03. The average molecular weight is 278 g/mol. The number of hydrogen-bond acceptors (Lipinski definition) is 4. The fourth-order valence-corrected chi connectivity index (χ4v) is 2.81. The van der Waals surface area contributed by atoms with Crippen LogP contribution in [0.3, 0.4) is 0 Å². The number of pyridine rings is 1. The van der Waals surface area contributed by atoms with Gasteiger partial charge in [0.2, 0.25) is 0 Å². The van der Waals surface area contributed by atoms with Gasteiger partial charge in [0.05, 0.1) is 18.4 Å². The first-order chi connectivity index (χ1) is 9.50. The molecule has 1 aliphatic rings. The molecular formula is C16H26N2O2. The van der Waals surface area contributed by atoms with Crippen LogP contribution in [0.5, 0.6) is 5.75 Å². The molecule has 2 rings (SSSR count). The van der Waals surface area contributed by atoms with E-state index in [4.69, 9.17) is 4.74 Å². The maximum absolute atomic E-state index is 10.5. The third-order valence-corrected chi connectivity index (χ3v) is 4.18. The molecule has 112 valence electrons. The molecule has 0 atom stereocenters. The van der Waals surface area contributed by atoms with Gasteiger partial charge in [-0.15, -0.1) is 0 Å². The molecular weight excluding hydrogens is 252 g/mol. The van der Waals surface area contributed by atoms with Gasteiger partial charge in [-0.25, -0.2) is 0 Å². The maximum atomic E-state index is 10.5. The van der Waals surface area contributed by atoms with Crippen molar-refractivity contribution in [1.82, 2.24) is 10.3 Å². The zero-order valence-corrected chi connectivity index (χ0v) is 12.8. The molecule has 4 nitrogen and oxygen atoms in total. The normalized spacial score (nSPS) is 26.5. The fourth-order valence-electron chi connectivity index (χ4n) is 2.81. The van der Waals surface area contributed by atoms with E-state index >= 15 is 0 Å². The van der Waals surface area contributed by atoms with Gasteiger partial charge < -0.3 is 15.2 Å². The minimum absolute atomic E-state index is 0.541. The molecule has 0 aliphatic heterocycles. The first kappa shape index (κ1) is 15.3.